The molecule has 0 unspecified atom stereocenters. The first-order valence-corrected chi connectivity index (χ1v) is 8.25. The second kappa shape index (κ2) is 8.27. The van der Waals surface area contributed by atoms with Gasteiger partial charge in [-0.1, -0.05) is 29.3 Å². The maximum Gasteiger partial charge on any atom is 0.303 e. The molecule has 0 fully saturated rings. The highest BCUT2D eigenvalue weighted by molar-refractivity contribution is 6.37. The lowest BCUT2D eigenvalue weighted by Gasteiger charge is -2.13. The number of benzene rings is 2. The molecular formula is C18H19Cl2NO3. The minimum Gasteiger partial charge on any atom is -0.486 e. The minimum atomic E-state index is -0.859. The number of ether oxygens (including phenoxy) is 1. The highest BCUT2D eigenvalue weighted by Crippen LogP contribution is 2.35. The molecule has 6 heteroatoms. The summed E-state index contributed by atoms with van der Waals surface area (Å²) < 4.78 is 5.78. The third kappa shape index (κ3) is 5.05. The average molecular weight is 368 g/mol. The number of halogens is 2. The van der Waals surface area contributed by atoms with E-state index in [1.54, 1.807) is 12.1 Å². The number of aliphatic carboxylic acids is 1. The molecule has 2 rings (SSSR count). The zero-order valence-corrected chi connectivity index (χ0v) is 15.0. The van der Waals surface area contributed by atoms with Crippen molar-refractivity contribution in [3.63, 3.8) is 0 Å². The van der Waals surface area contributed by atoms with E-state index in [1.807, 2.05) is 32.2 Å². The van der Waals surface area contributed by atoms with Crippen LogP contribution in [0.1, 0.15) is 23.1 Å². The van der Waals surface area contributed by atoms with Gasteiger partial charge in [-0.3, -0.25) is 4.79 Å². The molecule has 24 heavy (non-hydrogen) atoms. The van der Waals surface area contributed by atoms with Crippen LogP contribution in [0.15, 0.2) is 30.3 Å². The Kier molecular flexibility index (Phi) is 6.35. The van der Waals surface area contributed by atoms with Gasteiger partial charge in [-0.25, -0.2) is 0 Å². The van der Waals surface area contributed by atoms with Gasteiger partial charge in [0, 0.05) is 19.2 Å². The topological polar surface area (TPSA) is 58.6 Å². The number of carbonyl (C=O) groups is 1. The van der Waals surface area contributed by atoms with Crippen LogP contribution < -0.4 is 10.1 Å². The maximum absolute atomic E-state index is 10.7. The standard InChI is InChI=1S/C18H19Cl2NO3/c1-11-5-13(7-14(6-11)21-2)10-24-18-15(19)8-12(9-16(18)20)3-4-17(22)23/h5-9,21H,3-4,10H2,1-2H3,(H,22,23). The predicted octanol–water partition coefficient (Wildman–Crippen LogP) is 4.94. The predicted molar refractivity (Wildman–Crippen MR) is 97.5 cm³/mol. The molecule has 2 aromatic carbocycles. The molecule has 2 N–H and O–H groups in total. The van der Waals surface area contributed by atoms with E-state index in [0.29, 0.717) is 28.8 Å². The number of carboxylic acids is 1. The monoisotopic (exact) mass is 367 g/mol. The molecule has 4 nitrogen and oxygen atoms in total. The van der Waals surface area contributed by atoms with Crippen LogP contribution in [0, 0.1) is 6.92 Å². The summed E-state index contributed by atoms with van der Waals surface area (Å²) in [6, 6.07) is 9.46. The zero-order valence-electron chi connectivity index (χ0n) is 13.5. The van der Waals surface area contributed by atoms with Crippen LogP contribution in [0.25, 0.3) is 0 Å². The highest BCUT2D eigenvalue weighted by Gasteiger charge is 2.11. The summed E-state index contributed by atoms with van der Waals surface area (Å²) >= 11 is 12.5. The van der Waals surface area contributed by atoms with Gasteiger partial charge in [0.05, 0.1) is 10.0 Å². The van der Waals surface area contributed by atoms with Crippen molar-refractivity contribution in [2.45, 2.75) is 26.4 Å². The summed E-state index contributed by atoms with van der Waals surface area (Å²) in [4.78, 5) is 10.7. The van der Waals surface area contributed by atoms with Crippen molar-refractivity contribution in [1.82, 2.24) is 0 Å². The number of nitrogens with one attached hydrogen (secondary N) is 1. The quantitative estimate of drug-likeness (QED) is 0.727. The van der Waals surface area contributed by atoms with Gasteiger partial charge in [0.15, 0.2) is 5.75 Å². The molecule has 0 atom stereocenters. The molecule has 128 valence electrons. The Balaban J connectivity index is 2.12. The first-order valence-electron chi connectivity index (χ1n) is 7.50. The number of anilines is 1. The van der Waals surface area contributed by atoms with Gasteiger partial charge in [0.25, 0.3) is 0 Å². The van der Waals surface area contributed by atoms with Gasteiger partial charge in [0.1, 0.15) is 6.61 Å². The fourth-order valence-corrected chi connectivity index (χ4v) is 3.03. The van der Waals surface area contributed by atoms with Gasteiger partial charge in [-0.2, -0.15) is 0 Å². The lowest BCUT2D eigenvalue weighted by Crippen LogP contribution is -2.01. The van der Waals surface area contributed by atoms with Crippen LogP contribution in [0.2, 0.25) is 10.0 Å². The third-order valence-corrected chi connectivity index (χ3v) is 4.06. The molecular weight excluding hydrogens is 349 g/mol. The third-order valence-electron chi connectivity index (χ3n) is 3.49. The highest BCUT2D eigenvalue weighted by atomic mass is 35.5. The normalized spacial score (nSPS) is 10.5. The number of carboxylic acid groups (broad SMARTS) is 1. The summed E-state index contributed by atoms with van der Waals surface area (Å²) in [5.41, 5.74) is 3.91. The molecule has 0 bridgehead atoms. The van der Waals surface area contributed by atoms with E-state index in [9.17, 15) is 4.79 Å². The van der Waals surface area contributed by atoms with Crippen LogP contribution in [0.4, 0.5) is 5.69 Å². The number of rotatable bonds is 7. The van der Waals surface area contributed by atoms with Crippen molar-refractivity contribution >= 4 is 34.9 Å². The maximum atomic E-state index is 10.7. The Hall–Kier alpha value is -1.91. The molecule has 0 saturated heterocycles. The second-order valence-corrected chi connectivity index (χ2v) is 6.34. The van der Waals surface area contributed by atoms with Gasteiger partial charge >= 0.3 is 5.97 Å². The molecule has 0 amide bonds. The van der Waals surface area contributed by atoms with Crippen molar-refractivity contribution < 1.29 is 14.6 Å². The van der Waals surface area contributed by atoms with Crippen molar-refractivity contribution in [3.8, 4) is 5.75 Å². The van der Waals surface area contributed by atoms with Crippen molar-refractivity contribution in [3.05, 3.63) is 57.1 Å². The van der Waals surface area contributed by atoms with Gasteiger partial charge in [-0.15, -0.1) is 0 Å². The molecule has 2 aromatic rings. The SMILES string of the molecule is CNc1cc(C)cc(COc2c(Cl)cc(CCC(=O)O)cc2Cl)c1. The first kappa shape index (κ1) is 18.4. The van der Waals surface area contributed by atoms with Gasteiger partial charge in [-0.05, 0) is 54.3 Å². The fourth-order valence-electron chi connectivity index (χ4n) is 2.39. The Morgan fingerprint density at radius 1 is 1.12 bits per heavy atom. The summed E-state index contributed by atoms with van der Waals surface area (Å²) in [6.45, 7) is 2.35. The minimum absolute atomic E-state index is 0.0307. The Bertz CT molecular complexity index is 724. The molecule has 0 aliphatic heterocycles. The average Bonchev–Trinajstić information content (AvgIpc) is 2.51. The summed E-state index contributed by atoms with van der Waals surface area (Å²) in [7, 11) is 1.86. The molecule has 0 heterocycles. The van der Waals surface area contributed by atoms with E-state index in [4.69, 9.17) is 33.0 Å². The van der Waals surface area contributed by atoms with E-state index in [-0.39, 0.29) is 6.42 Å². The van der Waals surface area contributed by atoms with Crippen molar-refractivity contribution in [2.75, 3.05) is 12.4 Å². The van der Waals surface area contributed by atoms with Gasteiger partial charge in [0.2, 0.25) is 0 Å². The number of aryl methyl sites for hydroxylation is 2. The van der Waals surface area contributed by atoms with E-state index in [1.165, 1.54) is 0 Å². The molecule has 0 saturated carbocycles. The van der Waals surface area contributed by atoms with Gasteiger partial charge < -0.3 is 15.2 Å². The van der Waals surface area contributed by atoms with Crippen LogP contribution in [0.5, 0.6) is 5.75 Å². The molecule has 0 aliphatic carbocycles. The summed E-state index contributed by atoms with van der Waals surface area (Å²) in [6.07, 6.45) is 0.404. The Morgan fingerprint density at radius 2 is 1.79 bits per heavy atom. The van der Waals surface area contributed by atoms with Crippen LogP contribution in [-0.4, -0.2) is 18.1 Å². The molecule has 0 aromatic heterocycles. The van der Waals surface area contributed by atoms with Crippen LogP contribution >= 0.6 is 23.2 Å². The number of hydrogen-bond donors (Lipinski definition) is 2. The lowest BCUT2D eigenvalue weighted by molar-refractivity contribution is -0.136. The zero-order chi connectivity index (χ0) is 17.7. The van der Waals surface area contributed by atoms with Crippen LogP contribution in [0.3, 0.4) is 0 Å². The van der Waals surface area contributed by atoms with E-state index < -0.39 is 5.97 Å². The van der Waals surface area contributed by atoms with E-state index in [0.717, 1.165) is 22.4 Å². The van der Waals surface area contributed by atoms with E-state index >= 15 is 0 Å². The molecule has 0 spiro atoms. The second-order valence-electron chi connectivity index (χ2n) is 5.53. The van der Waals surface area contributed by atoms with Crippen molar-refractivity contribution in [1.29, 1.82) is 0 Å². The molecule has 0 radical (unpaired) electrons. The summed E-state index contributed by atoms with van der Waals surface area (Å²) in [5.74, 6) is -0.452. The smallest absolute Gasteiger partial charge is 0.303 e. The largest absolute Gasteiger partial charge is 0.486 e. The summed E-state index contributed by atoms with van der Waals surface area (Å²) in [5, 5.41) is 12.6. The van der Waals surface area contributed by atoms with Crippen molar-refractivity contribution in [2.24, 2.45) is 0 Å². The fraction of sp³-hybridized carbons (Fsp3) is 0.278. The Labute approximate surface area is 151 Å². The van der Waals surface area contributed by atoms with Crippen LogP contribution in [-0.2, 0) is 17.8 Å². The Morgan fingerprint density at radius 3 is 2.38 bits per heavy atom. The first-order chi connectivity index (χ1) is 11.4. The lowest BCUT2D eigenvalue weighted by atomic mass is 10.1. The number of hydrogen-bond acceptors (Lipinski definition) is 3. The molecule has 0 aliphatic rings. The van der Waals surface area contributed by atoms with E-state index in [2.05, 4.69) is 5.32 Å².